The molecule has 4 N–H and O–H groups in total. The van der Waals surface area contributed by atoms with Crippen LogP contribution < -0.4 is 21.3 Å². The zero-order valence-corrected chi connectivity index (χ0v) is 44.7. The molecule has 5 rings (SSSR count). The molecule has 1 saturated carbocycles. The predicted octanol–water partition coefficient (Wildman–Crippen LogP) is 8.69. The first-order chi connectivity index (χ1) is 35.8. The van der Waals surface area contributed by atoms with Gasteiger partial charge in [-0.25, -0.2) is 19.2 Å². The lowest BCUT2D eigenvalue weighted by Crippen LogP contribution is -2.50. The number of carbonyl (C=O) groups excluding carboxylic acids is 9. The second kappa shape index (κ2) is 25.8. The summed E-state index contributed by atoms with van der Waals surface area (Å²) in [6.45, 7) is 21.7. The van der Waals surface area contributed by atoms with E-state index >= 15 is 0 Å². The minimum absolute atomic E-state index is 0.0529. The van der Waals surface area contributed by atoms with Gasteiger partial charge in [-0.3, -0.25) is 24.0 Å². The highest BCUT2D eigenvalue weighted by Crippen LogP contribution is 2.46. The number of rotatable bonds is 22. The molecule has 1 fully saturated rings. The molecule has 0 bridgehead atoms. The molecule has 0 saturated heterocycles. The first kappa shape index (κ1) is 58.7. The molecule has 4 amide bonds. The number of anilines is 1. The summed E-state index contributed by atoms with van der Waals surface area (Å²) in [6, 6.07) is 20.8. The van der Waals surface area contributed by atoms with E-state index in [1.54, 1.807) is 38.1 Å². The van der Waals surface area contributed by atoms with E-state index in [2.05, 4.69) is 55.2 Å². The predicted molar refractivity (Wildman–Crippen MR) is 285 cm³/mol. The summed E-state index contributed by atoms with van der Waals surface area (Å²) in [4.78, 5) is 120. The van der Waals surface area contributed by atoms with Gasteiger partial charge in [0.25, 0.3) is 23.6 Å². The summed E-state index contributed by atoms with van der Waals surface area (Å²) in [6.07, 6.45) is 1.11. The molecular weight excluding hydrogens is 973 g/mol. The lowest BCUT2D eigenvalue weighted by Gasteiger charge is -2.47. The average Bonchev–Trinajstić information content (AvgIpc) is 3.36. The maximum Gasteiger partial charge on any atom is 0.338 e. The van der Waals surface area contributed by atoms with E-state index in [9.17, 15) is 43.2 Å². The maximum atomic E-state index is 14.3. The third-order valence-electron chi connectivity index (χ3n) is 12.7. The molecule has 0 radical (unpaired) electrons. The second-order valence-electron chi connectivity index (χ2n) is 20.6. The van der Waals surface area contributed by atoms with Crippen LogP contribution in [0.4, 0.5) is 5.69 Å². The first-order valence-electron chi connectivity index (χ1n) is 25.0. The number of hydrogen-bond acceptors (Lipinski definition) is 13. The van der Waals surface area contributed by atoms with Crippen LogP contribution in [0.15, 0.2) is 109 Å². The zero-order valence-electron chi connectivity index (χ0n) is 44.7. The Kier molecular flexibility index (Phi) is 19.9. The van der Waals surface area contributed by atoms with E-state index < -0.39 is 59.6 Å². The highest BCUT2D eigenvalue weighted by atomic mass is 16.6. The highest BCUT2D eigenvalue weighted by molar-refractivity contribution is 6.16. The van der Waals surface area contributed by atoms with Crippen LogP contribution in [0.2, 0.25) is 0 Å². The minimum Gasteiger partial charge on any atom is -0.462 e. The van der Waals surface area contributed by atoms with Crippen molar-refractivity contribution in [3.05, 3.63) is 159 Å². The Bertz CT molecular complexity index is 2940. The highest BCUT2D eigenvalue weighted by Gasteiger charge is 2.42. The molecule has 4 aromatic rings. The lowest BCUT2D eigenvalue weighted by molar-refractivity contribution is -0.144. The van der Waals surface area contributed by atoms with Gasteiger partial charge in [-0.2, -0.15) is 0 Å². The first-order valence-corrected chi connectivity index (χ1v) is 25.0. The Hall–Kier alpha value is -8.21. The van der Waals surface area contributed by atoms with Gasteiger partial charge in [0.1, 0.15) is 12.2 Å². The zero-order chi connectivity index (χ0) is 56.1. The summed E-state index contributed by atoms with van der Waals surface area (Å²) < 4.78 is 21.4. The Morgan fingerprint density at radius 3 is 1.64 bits per heavy atom. The van der Waals surface area contributed by atoms with Gasteiger partial charge in [-0.15, -0.1) is 0 Å². The third-order valence-corrected chi connectivity index (χ3v) is 12.7. The summed E-state index contributed by atoms with van der Waals surface area (Å²) in [5.74, 6) is -5.80. The number of ketones is 1. The van der Waals surface area contributed by atoms with E-state index in [0.29, 0.717) is 24.9 Å². The Labute approximate surface area is 443 Å². The van der Waals surface area contributed by atoms with Crippen molar-refractivity contribution < 1.29 is 62.1 Å². The van der Waals surface area contributed by atoms with Gasteiger partial charge < -0.3 is 40.2 Å². The van der Waals surface area contributed by atoms with Crippen LogP contribution in [0.25, 0.3) is 0 Å². The van der Waals surface area contributed by atoms with E-state index in [0.717, 1.165) is 12.0 Å². The monoisotopic (exact) mass is 1040 g/mol. The number of esters is 4. The summed E-state index contributed by atoms with van der Waals surface area (Å²) in [5.41, 5.74) is 0.899. The molecule has 0 heterocycles. The molecule has 4 unspecified atom stereocenters. The van der Waals surface area contributed by atoms with Gasteiger partial charge in [0.2, 0.25) is 0 Å². The Morgan fingerprint density at radius 2 is 1.13 bits per heavy atom. The molecule has 17 nitrogen and oxygen atoms in total. The van der Waals surface area contributed by atoms with Crippen molar-refractivity contribution in [2.45, 2.75) is 106 Å². The third kappa shape index (κ3) is 16.4. The number of ether oxygens (including phenoxy) is 4. The average molecular weight is 1040 g/mol. The van der Waals surface area contributed by atoms with Crippen molar-refractivity contribution >= 4 is 59.0 Å². The van der Waals surface area contributed by atoms with Gasteiger partial charge in [0.05, 0.1) is 35.5 Å². The minimum atomic E-state index is -0.930. The topological polar surface area (TPSA) is 239 Å². The van der Waals surface area contributed by atoms with Crippen molar-refractivity contribution in [3.8, 4) is 0 Å². The van der Waals surface area contributed by atoms with Crippen LogP contribution in [0, 0.1) is 17.8 Å². The molecule has 1 aliphatic carbocycles. The lowest BCUT2D eigenvalue weighted by atomic mass is 9.62. The van der Waals surface area contributed by atoms with Crippen LogP contribution in [0.1, 0.15) is 164 Å². The fourth-order valence-corrected chi connectivity index (χ4v) is 9.14. The van der Waals surface area contributed by atoms with E-state index in [-0.39, 0.29) is 105 Å². The molecule has 4 atom stereocenters. The molecule has 402 valence electrons. The quantitative estimate of drug-likeness (QED) is 0.0250. The van der Waals surface area contributed by atoms with E-state index in [1.165, 1.54) is 63.4 Å². The van der Waals surface area contributed by atoms with E-state index in [4.69, 9.17) is 18.9 Å². The van der Waals surface area contributed by atoms with Gasteiger partial charge in [-0.05, 0) is 119 Å². The van der Waals surface area contributed by atoms with Crippen LogP contribution in [-0.2, 0) is 28.5 Å². The molecule has 0 spiro atoms. The van der Waals surface area contributed by atoms with Crippen LogP contribution in [0.3, 0.4) is 0 Å². The molecule has 1 aliphatic rings. The number of nitrogens with one attached hydrogen (secondary N) is 4. The molecule has 4 aromatic carbocycles. The second-order valence-corrected chi connectivity index (χ2v) is 20.6. The van der Waals surface area contributed by atoms with Gasteiger partial charge in [0.15, 0.2) is 5.78 Å². The fraction of sp³-hybridized carbons (Fsp3) is 0.373. The van der Waals surface area contributed by atoms with Crippen molar-refractivity contribution in [2.24, 2.45) is 10.8 Å². The Morgan fingerprint density at radius 1 is 0.618 bits per heavy atom. The van der Waals surface area contributed by atoms with Crippen LogP contribution in [0.5, 0.6) is 0 Å². The smallest absolute Gasteiger partial charge is 0.338 e. The standard InChI is InChI=1S/C59H68N4O13/c1-34(2)54(69)75-37(6)22-24-73-56(71)45-20-18-39(28-47(45)52(67)60-11)49(64)40-19-21-46(57(72)74-25-23-38(7)76-55(70)35(3)4)48(29-40)53(68)62-43-17-13-16-42(27-43)51(66)63-44-30-58(8,9)32-59(10,31-44)33-61-50(65)41-15-12-14-36(5)26-41/h12-21,26-29,37-38,44H,1,3,22-25,30-33H2,2,4-11H3,(H,60,67)(H,61,65)(H,62,68)(H,63,66). The number of aryl methyl sites for hydroxylation is 1. The van der Waals surface area contributed by atoms with Crippen LogP contribution >= 0.6 is 0 Å². The van der Waals surface area contributed by atoms with Gasteiger partial charge >= 0.3 is 23.9 Å². The maximum absolute atomic E-state index is 14.3. The largest absolute Gasteiger partial charge is 0.462 e. The molecular formula is C59H68N4O13. The summed E-state index contributed by atoms with van der Waals surface area (Å²) in [7, 11) is 1.34. The molecule has 0 aliphatic heterocycles. The molecule has 76 heavy (non-hydrogen) atoms. The Balaban J connectivity index is 1.37. The number of benzene rings is 4. The van der Waals surface area contributed by atoms with Gasteiger partial charge in [0, 0.05) is 71.6 Å². The van der Waals surface area contributed by atoms with Crippen LogP contribution in [-0.4, -0.2) is 98.3 Å². The SMILES string of the molecule is C=C(C)C(=O)OC(C)CCOC(=O)c1ccc(C(=O)c2ccc(C(=O)OCCC(C)OC(=O)C(=C)C)c(C(=O)Nc3cccc(C(=O)NC4CC(C)(C)CC(C)(CNC(=O)c5cccc(C)c5)C4)c3)c2)cc1C(=O)NC. The number of amides is 4. The molecule has 0 aromatic heterocycles. The van der Waals surface area contributed by atoms with Crippen molar-refractivity contribution in [1.29, 1.82) is 0 Å². The van der Waals surface area contributed by atoms with Crippen molar-refractivity contribution in [1.82, 2.24) is 16.0 Å². The number of hydrogen-bond donors (Lipinski definition) is 4. The van der Waals surface area contributed by atoms with Crippen molar-refractivity contribution in [2.75, 3.05) is 32.1 Å². The van der Waals surface area contributed by atoms with Crippen molar-refractivity contribution in [3.63, 3.8) is 0 Å². The molecule has 17 heteroatoms. The fourth-order valence-electron chi connectivity index (χ4n) is 9.14. The van der Waals surface area contributed by atoms with E-state index in [1.807, 2.05) is 25.1 Å². The number of carbonyl (C=O) groups is 9. The summed E-state index contributed by atoms with van der Waals surface area (Å²) in [5, 5.41) is 11.5. The normalized spacial score (nSPS) is 16.3. The van der Waals surface area contributed by atoms with Gasteiger partial charge in [-0.1, -0.05) is 69.8 Å². The summed E-state index contributed by atoms with van der Waals surface area (Å²) >= 11 is 0.